The summed E-state index contributed by atoms with van der Waals surface area (Å²) in [6.07, 6.45) is -3.13. The molecule has 0 unspecified atom stereocenters. The summed E-state index contributed by atoms with van der Waals surface area (Å²) in [6.45, 7) is 6.38. The van der Waals surface area contributed by atoms with E-state index in [4.69, 9.17) is 4.74 Å². The van der Waals surface area contributed by atoms with Crippen molar-refractivity contribution in [2.45, 2.75) is 32.5 Å². The minimum absolute atomic E-state index is 0.0168. The number of halogens is 3. The van der Waals surface area contributed by atoms with Crippen LogP contribution in [0.5, 0.6) is 5.75 Å². The second-order valence-electron chi connectivity index (χ2n) is 8.74. The molecule has 0 radical (unpaired) electrons. The Balaban J connectivity index is 1.50. The largest absolute Gasteiger partial charge is 0.484 e. The minimum atomic E-state index is -4.43. The minimum Gasteiger partial charge on any atom is -0.484 e. The smallest absolute Gasteiger partial charge is 0.422 e. The fraction of sp³-hybridized carbons (Fsp3) is 0.435. The number of nitrogens with one attached hydrogen (secondary N) is 1. The topological polar surface area (TPSA) is 84.0 Å². The van der Waals surface area contributed by atoms with E-state index in [9.17, 15) is 22.8 Å². The third-order valence-electron chi connectivity index (χ3n) is 4.80. The van der Waals surface area contributed by atoms with Gasteiger partial charge in [-0.15, -0.1) is 0 Å². The van der Waals surface area contributed by atoms with Crippen LogP contribution in [-0.4, -0.2) is 66.4 Å². The molecule has 1 aromatic carbocycles. The van der Waals surface area contributed by atoms with Crippen molar-refractivity contribution < 1.29 is 32.2 Å². The number of hydrogen-bond acceptors (Lipinski definition) is 6. The van der Waals surface area contributed by atoms with Gasteiger partial charge in [0.1, 0.15) is 17.2 Å². The highest BCUT2D eigenvalue weighted by Crippen LogP contribution is 2.21. The highest BCUT2D eigenvalue weighted by Gasteiger charge is 2.28. The van der Waals surface area contributed by atoms with E-state index in [0.29, 0.717) is 32.0 Å². The number of piperazine rings is 1. The van der Waals surface area contributed by atoms with Crippen LogP contribution in [0.15, 0.2) is 42.6 Å². The number of pyridine rings is 1. The molecule has 0 bridgehead atoms. The molecule has 2 heterocycles. The average Bonchev–Trinajstić information content (AvgIpc) is 2.77. The number of carbonyl (C=O) groups is 2. The van der Waals surface area contributed by atoms with E-state index in [2.05, 4.69) is 19.9 Å². The Morgan fingerprint density at radius 1 is 1.00 bits per heavy atom. The summed E-state index contributed by atoms with van der Waals surface area (Å²) in [6, 6.07) is 8.83. The van der Waals surface area contributed by atoms with Gasteiger partial charge in [0.25, 0.3) is 5.91 Å². The number of rotatable bonds is 5. The number of aromatic nitrogens is 1. The van der Waals surface area contributed by atoms with Crippen molar-refractivity contribution >= 4 is 23.5 Å². The van der Waals surface area contributed by atoms with Gasteiger partial charge >= 0.3 is 12.3 Å². The van der Waals surface area contributed by atoms with E-state index in [1.54, 1.807) is 17.2 Å². The fourth-order valence-electron chi connectivity index (χ4n) is 3.18. The van der Waals surface area contributed by atoms with E-state index >= 15 is 0 Å². The van der Waals surface area contributed by atoms with Crippen LogP contribution in [0.3, 0.4) is 0 Å². The van der Waals surface area contributed by atoms with E-state index in [1.165, 1.54) is 24.3 Å². The molecule has 1 saturated heterocycles. The van der Waals surface area contributed by atoms with Gasteiger partial charge in [0.2, 0.25) is 0 Å². The third-order valence-corrected chi connectivity index (χ3v) is 4.80. The van der Waals surface area contributed by atoms with E-state index in [0.717, 1.165) is 5.69 Å². The molecule has 1 aliphatic heterocycles. The molecule has 184 valence electrons. The van der Waals surface area contributed by atoms with Crippen molar-refractivity contribution in [3.05, 3.63) is 48.2 Å². The zero-order valence-corrected chi connectivity index (χ0v) is 19.2. The van der Waals surface area contributed by atoms with Crippen molar-refractivity contribution in [2.75, 3.05) is 43.0 Å². The number of anilines is 2. The molecular formula is C23H27F3N4O4. The van der Waals surface area contributed by atoms with Gasteiger partial charge in [0.05, 0.1) is 11.9 Å². The maximum atomic E-state index is 12.4. The normalized spacial score (nSPS) is 14.5. The van der Waals surface area contributed by atoms with Crippen molar-refractivity contribution in [2.24, 2.45) is 0 Å². The molecule has 0 saturated carbocycles. The first-order chi connectivity index (χ1) is 15.9. The molecule has 34 heavy (non-hydrogen) atoms. The molecular weight excluding hydrogens is 453 g/mol. The molecule has 0 spiro atoms. The highest BCUT2D eigenvalue weighted by molar-refractivity contribution is 6.03. The van der Waals surface area contributed by atoms with Crippen molar-refractivity contribution in [1.82, 2.24) is 9.88 Å². The lowest BCUT2D eigenvalue weighted by Crippen LogP contribution is -2.50. The number of nitrogens with zero attached hydrogens (tertiary/aromatic N) is 3. The lowest BCUT2D eigenvalue weighted by molar-refractivity contribution is -0.153. The van der Waals surface area contributed by atoms with Gasteiger partial charge in [-0.3, -0.25) is 4.79 Å². The van der Waals surface area contributed by atoms with Gasteiger partial charge in [-0.25, -0.2) is 9.78 Å². The summed E-state index contributed by atoms with van der Waals surface area (Å²) < 4.78 is 46.7. The molecule has 0 atom stereocenters. The zero-order chi connectivity index (χ0) is 24.9. The van der Waals surface area contributed by atoms with Crippen LogP contribution in [0.1, 0.15) is 31.1 Å². The Labute approximate surface area is 195 Å². The average molecular weight is 480 g/mol. The van der Waals surface area contributed by atoms with Crippen LogP contribution >= 0.6 is 0 Å². The molecule has 1 fully saturated rings. The molecule has 3 rings (SSSR count). The molecule has 8 nitrogen and oxygen atoms in total. The van der Waals surface area contributed by atoms with Crippen molar-refractivity contribution in [1.29, 1.82) is 0 Å². The van der Waals surface area contributed by atoms with Gasteiger partial charge in [0, 0.05) is 31.7 Å². The SMILES string of the molecule is CC(C)(C)OC(=O)N1CCN(c2ccc(NC(=O)c3ccc(OCC(F)(F)F)cc3)nc2)CC1. The fourth-order valence-corrected chi connectivity index (χ4v) is 3.18. The molecule has 1 aliphatic rings. The first-order valence-electron chi connectivity index (χ1n) is 10.7. The van der Waals surface area contributed by atoms with Crippen molar-refractivity contribution in [3.63, 3.8) is 0 Å². The first kappa shape index (κ1) is 25.1. The van der Waals surface area contributed by atoms with Crippen molar-refractivity contribution in [3.8, 4) is 5.75 Å². The van der Waals surface area contributed by atoms with Gasteiger partial charge in [-0.2, -0.15) is 13.2 Å². The van der Waals surface area contributed by atoms with Crippen LogP contribution in [0.4, 0.5) is 29.5 Å². The lowest BCUT2D eigenvalue weighted by Gasteiger charge is -2.36. The highest BCUT2D eigenvalue weighted by atomic mass is 19.4. The number of carbonyl (C=O) groups excluding carboxylic acids is 2. The van der Waals surface area contributed by atoms with Crippen LogP contribution in [0, 0.1) is 0 Å². The molecule has 1 aromatic heterocycles. The summed E-state index contributed by atoms with van der Waals surface area (Å²) in [5.41, 5.74) is 0.568. The quantitative estimate of drug-likeness (QED) is 0.686. The van der Waals surface area contributed by atoms with Gasteiger partial charge in [0.15, 0.2) is 6.61 Å². The van der Waals surface area contributed by atoms with Crippen LogP contribution in [0.25, 0.3) is 0 Å². The Morgan fingerprint density at radius 3 is 2.18 bits per heavy atom. The molecule has 2 amide bonds. The number of benzene rings is 1. The molecule has 2 aromatic rings. The van der Waals surface area contributed by atoms with E-state index < -0.39 is 24.3 Å². The van der Waals surface area contributed by atoms with Crippen LogP contribution in [0.2, 0.25) is 0 Å². The van der Waals surface area contributed by atoms with Gasteiger partial charge in [-0.1, -0.05) is 0 Å². The van der Waals surface area contributed by atoms with Crippen LogP contribution < -0.4 is 15.0 Å². The number of hydrogen-bond donors (Lipinski definition) is 1. The summed E-state index contributed by atoms with van der Waals surface area (Å²) in [4.78, 5) is 32.6. The number of ether oxygens (including phenoxy) is 2. The standard InChI is InChI=1S/C23H27F3N4O4/c1-22(2,3)34-21(32)30-12-10-29(11-13-30)17-6-9-19(27-14-17)28-20(31)16-4-7-18(8-5-16)33-15-23(24,25)26/h4-9,14H,10-13,15H2,1-3H3,(H,27,28,31). The Bertz CT molecular complexity index is 981. The summed E-state index contributed by atoms with van der Waals surface area (Å²) in [5.74, 6) is -0.102. The Kier molecular flexibility index (Phi) is 7.53. The third kappa shape index (κ3) is 7.53. The first-order valence-corrected chi connectivity index (χ1v) is 10.7. The van der Waals surface area contributed by atoms with E-state index in [1.807, 2.05) is 26.8 Å². The number of alkyl halides is 3. The summed E-state index contributed by atoms with van der Waals surface area (Å²) in [5, 5.41) is 2.65. The van der Waals surface area contributed by atoms with E-state index in [-0.39, 0.29) is 17.4 Å². The van der Waals surface area contributed by atoms with Gasteiger partial charge in [-0.05, 0) is 57.2 Å². The summed E-state index contributed by atoms with van der Waals surface area (Å²) >= 11 is 0. The molecule has 0 aliphatic carbocycles. The zero-order valence-electron chi connectivity index (χ0n) is 19.2. The second-order valence-corrected chi connectivity index (χ2v) is 8.74. The maximum absolute atomic E-state index is 12.4. The lowest BCUT2D eigenvalue weighted by atomic mass is 10.2. The van der Waals surface area contributed by atoms with Gasteiger partial charge < -0.3 is 24.6 Å². The number of amides is 2. The monoisotopic (exact) mass is 480 g/mol. The predicted octanol–water partition coefficient (Wildman–Crippen LogP) is 4.33. The second kappa shape index (κ2) is 10.2. The maximum Gasteiger partial charge on any atom is 0.422 e. The van der Waals surface area contributed by atoms with Crippen LogP contribution in [-0.2, 0) is 4.74 Å². The molecule has 11 heteroatoms. The molecule has 1 N–H and O–H groups in total. The predicted molar refractivity (Wildman–Crippen MR) is 120 cm³/mol. The Morgan fingerprint density at radius 2 is 1.65 bits per heavy atom. The Hall–Kier alpha value is -3.50. The summed E-state index contributed by atoms with van der Waals surface area (Å²) in [7, 11) is 0.